The summed E-state index contributed by atoms with van der Waals surface area (Å²) in [6, 6.07) is 4.32. The van der Waals surface area contributed by atoms with Gasteiger partial charge in [-0.15, -0.1) is 0 Å². The van der Waals surface area contributed by atoms with Gasteiger partial charge < -0.3 is 15.5 Å². The largest absolute Gasteiger partial charge is 0.505 e. The average molecular weight is 347 g/mol. The van der Waals surface area contributed by atoms with E-state index in [2.05, 4.69) is 0 Å². The molecule has 0 atom stereocenters. The molecule has 0 aliphatic carbocycles. The van der Waals surface area contributed by atoms with Gasteiger partial charge in [0.25, 0.3) is 11.5 Å². The number of carbonyl (C=O) groups excluding carboxylic acids is 1. The molecule has 8 nitrogen and oxygen atoms in total. The Kier molecular flexibility index (Phi) is 3.71. The summed E-state index contributed by atoms with van der Waals surface area (Å²) in [6.07, 6.45) is 0. The predicted molar refractivity (Wildman–Crippen MR) is 86.5 cm³/mol. The zero-order chi connectivity index (χ0) is 18.5. The lowest BCUT2D eigenvalue weighted by atomic mass is 10.1. The number of halogens is 1. The third kappa shape index (κ3) is 2.49. The quantitative estimate of drug-likeness (QED) is 0.647. The predicted octanol–water partition coefficient (Wildman–Crippen LogP) is 0.759. The molecule has 0 aliphatic rings. The number of rotatable bonds is 3. The molecule has 1 aromatic carbocycles. The highest BCUT2D eigenvalue weighted by Gasteiger charge is 2.23. The molecule has 0 unspecified atom stereocenters. The lowest BCUT2D eigenvalue weighted by Gasteiger charge is -2.11. The Balaban J connectivity index is 2.32. The van der Waals surface area contributed by atoms with Crippen molar-refractivity contribution in [3.05, 3.63) is 45.5 Å². The highest BCUT2D eigenvalue weighted by atomic mass is 19.1. The second-order valence-corrected chi connectivity index (χ2v) is 5.63. The van der Waals surface area contributed by atoms with Crippen LogP contribution in [0, 0.1) is 12.7 Å². The molecule has 2 aromatic heterocycles. The molecule has 1 amide bonds. The first kappa shape index (κ1) is 16.5. The molecule has 130 valence electrons. The van der Waals surface area contributed by atoms with Crippen LogP contribution in [0.5, 0.6) is 5.75 Å². The van der Waals surface area contributed by atoms with Gasteiger partial charge >= 0.3 is 5.97 Å². The van der Waals surface area contributed by atoms with E-state index in [4.69, 9.17) is 5.11 Å². The number of nitrogens with zero attached hydrogens (tertiary/aromatic N) is 2. The maximum absolute atomic E-state index is 13.9. The zero-order valence-electron chi connectivity index (χ0n) is 13.3. The van der Waals surface area contributed by atoms with Gasteiger partial charge in [-0.25, -0.2) is 13.6 Å². The number of hydrogen-bond donors (Lipinski definition) is 3. The minimum atomic E-state index is -1.29. The molecular weight excluding hydrogens is 333 g/mol. The molecule has 2 heterocycles. The smallest absolute Gasteiger partial charge is 0.322 e. The van der Waals surface area contributed by atoms with Crippen LogP contribution < -0.4 is 10.9 Å². The Labute approximate surface area is 139 Å². The van der Waals surface area contributed by atoms with Crippen molar-refractivity contribution in [2.45, 2.75) is 6.92 Å². The first-order valence-corrected chi connectivity index (χ1v) is 7.26. The first-order chi connectivity index (χ1) is 11.7. The first-order valence-electron chi connectivity index (χ1n) is 7.26. The molecule has 9 heteroatoms. The van der Waals surface area contributed by atoms with Gasteiger partial charge in [-0.05, 0) is 24.6 Å². The van der Waals surface area contributed by atoms with Crippen LogP contribution in [0.15, 0.2) is 23.0 Å². The Morgan fingerprint density at radius 3 is 2.56 bits per heavy atom. The topological polar surface area (TPSA) is 113 Å². The molecule has 3 rings (SSSR count). The van der Waals surface area contributed by atoms with Gasteiger partial charge in [0.05, 0.1) is 5.52 Å². The summed E-state index contributed by atoms with van der Waals surface area (Å²) < 4.78 is 16.2. The van der Waals surface area contributed by atoms with Crippen molar-refractivity contribution in [2.75, 3.05) is 6.54 Å². The second kappa shape index (κ2) is 5.62. The number of nitrogens with one attached hydrogen (secondary N) is 1. The number of amides is 1. The Morgan fingerprint density at radius 2 is 1.92 bits per heavy atom. The molecule has 0 fully saturated rings. The highest BCUT2D eigenvalue weighted by molar-refractivity contribution is 6.01. The van der Waals surface area contributed by atoms with Crippen LogP contribution in [-0.2, 0) is 11.8 Å². The summed E-state index contributed by atoms with van der Waals surface area (Å²) in [5, 5.41) is 21.6. The van der Waals surface area contributed by atoms with Gasteiger partial charge in [0.15, 0.2) is 5.75 Å². The molecular formula is C16H14FN3O5. The summed E-state index contributed by atoms with van der Waals surface area (Å²) in [5.41, 5.74) is -0.539. The number of aryl methyl sites for hydroxylation is 2. The lowest BCUT2D eigenvalue weighted by Crippen LogP contribution is -2.36. The molecule has 0 aliphatic heterocycles. The molecule has 0 radical (unpaired) electrons. The van der Waals surface area contributed by atoms with E-state index < -0.39 is 41.1 Å². The van der Waals surface area contributed by atoms with Crippen LogP contribution >= 0.6 is 0 Å². The standard InChI is InChI=1S/C16H14FN3O5/c1-7-3-8-4-11-14(23)13(15(24)18-6-12(21)22)16(25)19(2)20(11)10(8)5-9(7)17/h3-5,23H,6H2,1-2H3,(H,18,24)(H,21,22). The number of aliphatic carboxylic acids is 1. The van der Waals surface area contributed by atoms with Gasteiger partial charge in [0.2, 0.25) is 0 Å². The van der Waals surface area contributed by atoms with Gasteiger partial charge in [-0.1, -0.05) is 0 Å². The van der Waals surface area contributed by atoms with E-state index in [-0.39, 0.29) is 5.52 Å². The number of fused-ring (bicyclic) bond motifs is 3. The number of hydrogen-bond acceptors (Lipinski definition) is 4. The minimum Gasteiger partial charge on any atom is -0.505 e. The van der Waals surface area contributed by atoms with E-state index >= 15 is 0 Å². The molecule has 0 saturated carbocycles. The van der Waals surface area contributed by atoms with Crippen LogP contribution in [0.2, 0.25) is 0 Å². The van der Waals surface area contributed by atoms with Gasteiger partial charge in [0.1, 0.15) is 23.4 Å². The molecule has 0 saturated heterocycles. The number of benzene rings is 1. The van der Waals surface area contributed by atoms with Gasteiger partial charge in [-0.2, -0.15) is 0 Å². The van der Waals surface area contributed by atoms with Crippen molar-refractivity contribution < 1.29 is 24.2 Å². The summed E-state index contributed by atoms with van der Waals surface area (Å²) in [5.74, 6) is -3.36. The van der Waals surface area contributed by atoms with E-state index in [0.29, 0.717) is 16.5 Å². The minimum absolute atomic E-state index is 0.127. The summed E-state index contributed by atoms with van der Waals surface area (Å²) in [7, 11) is 1.36. The fourth-order valence-corrected chi connectivity index (χ4v) is 2.75. The summed E-state index contributed by atoms with van der Waals surface area (Å²) in [4.78, 5) is 35.1. The van der Waals surface area contributed by atoms with Crippen LogP contribution in [0.4, 0.5) is 4.39 Å². The van der Waals surface area contributed by atoms with Crippen LogP contribution in [0.1, 0.15) is 15.9 Å². The van der Waals surface area contributed by atoms with Crippen molar-refractivity contribution in [3.63, 3.8) is 0 Å². The van der Waals surface area contributed by atoms with Crippen LogP contribution in [0.25, 0.3) is 16.4 Å². The van der Waals surface area contributed by atoms with Crippen molar-refractivity contribution in [2.24, 2.45) is 7.05 Å². The number of carboxylic acids is 1. The zero-order valence-corrected chi connectivity index (χ0v) is 13.3. The monoisotopic (exact) mass is 347 g/mol. The normalized spacial score (nSPS) is 11.2. The number of aromatic nitrogens is 2. The van der Waals surface area contributed by atoms with E-state index in [1.165, 1.54) is 23.7 Å². The molecule has 3 N–H and O–H groups in total. The van der Waals surface area contributed by atoms with Crippen molar-refractivity contribution in [1.29, 1.82) is 0 Å². The Hall–Kier alpha value is -3.36. The number of carbonyl (C=O) groups is 2. The second-order valence-electron chi connectivity index (χ2n) is 5.63. The van der Waals surface area contributed by atoms with Crippen molar-refractivity contribution in [3.8, 4) is 5.75 Å². The fourth-order valence-electron chi connectivity index (χ4n) is 2.75. The van der Waals surface area contributed by atoms with E-state index in [1.54, 1.807) is 13.0 Å². The van der Waals surface area contributed by atoms with Crippen LogP contribution in [0.3, 0.4) is 0 Å². The number of carboxylic acid groups (broad SMARTS) is 1. The Morgan fingerprint density at radius 1 is 1.24 bits per heavy atom. The third-order valence-electron chi connectivity index (χ3n) is 3.97. The fraction of sp³-hybridized carbons (Fsp3) is 0.188. The van der Waals surface area contributed by atoms with E-state index in [9.17, 15) is 23.9 Å². The molecule has 3 aromatic rings. The Bertz CT molecular complexity index is 1110. The van der Waals surface area contributed by atoms with Crippen molar-refractivity contribution in [1.82, 2.24) is 14.5 Å². The van der Waals surface area contributed by atoms with Gasteiger partial charge in [-0.3, -0.25) is 14.4 Å². The highest BCUT2D eigenvalue weighted by Crippen LogP contribution is 2.29. The third-order valence-corrected chi connectivity index (χ3v) is 3.97. The maximum atomic E-state index is 13.9. The number of aromatic hydroxyl groups is 1. The molecule has 25 heavy (non-hydrogen) atoms. The van der Waals surface area contributed by atoms with E-state index in [1.807, 2.05) is 5.32 Å². The SMILES string of the molecule is Cc1cc2cc3c(O)c(C(=O)NCC(=O)O)c(=O)n(C)n3c2cc1F. The van der Waals surface area contributed by atoms with Gasteiger partial charge in [0, 0.05) is 18.5 Å². The van der Waals surface area contributed by atoms with Crippen molar-refractivity contribution >= 4 is 28.3 Å². The van der Waals surface area contributed by atoms with Crippen LogP contribution in [-0.4, -0.2) is 37.8 Å². The molecule has 0 spiro atoms. The maximum Gasteiger partial charge on any atom is 0.322 e. The summed E-state index contributed by atoms with van der Waals surface area (Å²) in [6.45, 7) is 0.890. The average Bonchev–Trinajstić information content (AvgIpc) is 2.90. The lowest BCUT2D eigenvalue weighted by molar-refractivity contribution is -0.135. The molecule has 0 bridgehead atoms. The summed E-state index contributed by atoms with van der Waals surface area (Å²) >= 11 is 0. The van der Waals surface area contributed by atoms with E-state index in [0.717, 1.165) is 4.68 Å².